The van der Waals surface area contributed by atoms with Crippen molar-refractivity contribution < 1.29 is 18.7 Å². The number of esters is 1. The van der Waals surface area contributed by atoms with Gasteiger partial charge in [0.15, 0.2) is 11.0 Å². The van der Waals surface area contributed by atoms with Crippen molar-refractivity contribution in [3.05, 3.63) is 69.2 Å². The number of hydrogen-bond donors (Lipinski definition) is 2. The highest BCUT2D eigenvalue weighted by atomic mass is 79.9. The topological polar surface area (TPSA) is 141 Å². The van der Waals surface area contributed by atoms with Crippen molar-refractivity contribution in [2.75, 3.05) is 6.61 Å². The van der Waals surface area contributed by atoms with Crippen molar-refractivity contribution in [3.8, 4) is 22.7 Å². The smallest absolute Gasteiger partial charge is 0.328 e. The number of fused-ring (bicyclic) bond motifs is 1. The Hall–Kier alpha value is -4.03. The van der Waals surface area contributed by atoms with Crippen molar-refractivity contribution >= 4 is 50.4 Å². The summed E-state index contributed by atoms with van der Waals surface area (Å²) in [7, 11) is 0. The Morgan fingerprint density at radius 2 is 1.93 bits per heavy atom. The number of benzene rings is 2. The summed E-state index contributed by atoms with van der Waals surface area (Å²) in [4.78, 5) is 31.1. The quantitative estimate of drug-likeness (QED) is 0.126. The maximum absolute atomic E-state index is 13.8. The van der Waals surface area contributed by atoms with Gasteiger partial charge < -0.3 is 19.0 Å². The van der Waals surface area contributed by atoms with Crippen LogP contribution < -0.4 is 5.32 Å². The highest BCUT2D eigenvalue weighted by Crippen LogP contribution is 2.41. The van der Waals surface area contributed by atoms with Crippen LogP contribution in [-0.2, 0) is 22.5 Å². The lowest BCUT2D eigenvalue weighted by Crippen LogP contribution is -2.46. The summed E-state index contributed by atoms with van der Waals surface area (Å²) >= 11 is 10.4. The number of nitrogens with one attached hydrogen (secondary N) is 2. The van der Waals surface area contributed by atoms with Crippen LogP contribution in [0, 0.1) is 5.92 Å². The number of H-pyrrole nitrogens is 1. The van der Waals surface area contributed by atoms with E-state index in [0.717, 1.165) is 39.4 Å². The zero-order chi connectivity index (χ0) is 32.1. The monoisotopic (exact) mass is 695 g/mol. The number of aromatic amines is 1. The van der Waals surface area contributed by atoms with Gasteiger partial charge in [0.05, 0.1) is 11.1 Å². The van der Waals surface area contributed by atoms with E-state index in [2.05, 4.69) is 53.8 Å². The van der Waals surface area contributed by atoms with Crippen LogP contribution in [0.25, 0.3) is 33.7 Å². The summed E-state index contributed by atoms with van der Waals surface area (Å²) in [5.74, 6) is 0.784. The molecule has 0 aliphatic heterocycles. The number of unbranched alkanes of at least 4 members (excludes halogenated alkanes) is 1. The third-order valence-corrected chi connectivity index (χ3v) is 8.87. The number of aromatic nitrogens is 6. The molecule has 13 heteroatoms. The average Bonchev–Trinajstić information content (AvgIpc) is 3.77. The predicted molar refractivity (Wildman–Crippen MR) is 175 cm³/mol. The van der Waals surface area contributed by atoms with E-state index in [9.17, 15) is 9.59 Å². The van der Waals surface area contributed by atoms with E-state index in [4.69, 9.17) is 20.8 Å². The first-order chi connectivity index (χ1) is 21.8. The van der Waals surface area contributed by atoms with Crippen LogP contribution in [0.3, 0.4) is 0 Å². The number of tetrazole rings is 1. The van der Waals surface area contributed by atoms with Gasteiger partial charge in [-0.1, -0.05) is 75.5 Å². The van der Waals surface area contributed by atoms with Crippen LogP contribution in [0.15, 0.2) is 51.4 Å². The lowest BCUT2D eigenvalue weighted by molar-refractivity contribution is -0.146. The highest BCUT2D eigenvalue weighted by Gasteiger charge is 2.31. The van der Waals surface area contributed by atoms with E-state index >= 15 is 0 Å². The zero-order valence-electron chi connectivity index (χ0n) is 25.6. The van der Waals surface area contributed by atoms with E-state index in [-0.39, 0.29) is 23.4 Å². The van der Waals surface area contributed by atoms with Crippen LogP contribution in [0.4, 0.5) is 0 Å². The van der Waals surface area contributed by atoms with Gasteiger partial charge in [-0.25, -0.2) is 14.9 Å². The summed E-state index contributed by atoms with van der Waals surface area (Å²) in [6.07, 6.45) is 3.15. The number of ether oxygens (including phenoxy) is 1. The average molecular weight is 697 g/mol. The number of carbonyl (C=O) groups is 2. The van der Waals surface area contributed by atoms with Crippen LogP contribution in [-0.4, -0.2) is 54.7 Å². The number of halogens is 2. The largest absolute Gasteiger partial charge is 0.464 e. The molecule has 0 saturated carbocycles. The Morgan fingerprint density at radius 1 is 1.16 bits per heavy atom. The van der Waals surface area contributed by atoms with Crippen LogP contribution in [0.5, 0.6) is 0 Å². The molecular weight excluding hydrogens is 662 g/mol. The second-order valence-electron chi connectivity index (χ2n) is 10.8. The summed E-state index contributed by atoms with van der Waals surface area (Å²) in [6, 6.07) is 12.8. The van der Waals surface area contributed by atoms with Gasteiger partial charge in [-0.15, -0.1) is 5.10 Å². The third kappa shape index (κ3) is 6.81. The minimum absolute atomic E-state index is 0.0942. The standard InChI is InChI=1S/C32H35BrClN7O4/c1-5-8-13-24-35-29(34)27(31(42)36-26(18(4)6-2)32(43)44-7-3)41(24)17-19-14-15-23-22(16-19)25(33)28(45-23)20-11-9-10-12-21(20)30-37-39-40-38-30/h9-12,14-16,18,26H,5-8,13,17H2,1-4H3,(H,36,42)(H,37,38,39,40)/t18?,26-/m0/s1. The first-order valence-corrected chi connectivity index (χ1v) is 16.2. The van der Waals surface area contributed by atoms with Crippen LogP contribution >= 0.6 is 27.5 Å². The molecular formula is C32H35BrClN7O4. The van der Waals surface area contributed by atoms with Gasteiger partial charge in [0.25, 0.3) is 5.91 Å². The first-order valence-electron chi connectivity index (χ1n) is 15.0. The molecule has 0 radical (unpaired) electrons. The van der Waals surface area contributed by atoms with Gasteiger partial charge in [-0.05, 0) is 63.3 Å². The van der Waals surface area contributed by atoms with Crippen molar-refractivity contribution in [2.24, 2.45) is 5.92 Å². The minimum Gasteiger partial charge on any atom is -0.464 e. The van der Waals surface area contributed by atoms with Gasteiger partial charge >= 0.3 is 5.97 Å². The molecule has 2 aromatic carbocycles. The second-order valence-corrected chi connectivity index (χ2v) is 12.0. The molecule has 2 N–H and O–H groups in total. The molecule has 0 bridgehead atoms. The molecule has 5 aromatic rings. The molecule has 0 aliphatic carbocycles. The maximum Gasteiger partial charge on any atom is 0.328 e. The summed E-state index contributed by atoms with van der Waals surface area (Å²) in [5, 5.41) is 18.1. The highest BCUT2D eigenvalue weighted by molar-refractivity contribution is 9.10. The van der Waals surface area contributed by atoms with Gasteiger partial charge in [0.2, 0.25) is 0 Å². The molecule has 0 spiro atoms. The van der Waals surface area contributed by atoms with Crippen molar-refractivity contribution in [1.82, 2.24) is 35.5 Å². The lowest BCUT2D eigenvalue weighted by atomic mass is 9.99. The number of hydrogen-bond acceptors (Lipinski definition) is 8. The number of amides is 1. The van der Waals surface area contributed by atoms with E-state index in [1.54, 1.807) is 6.92 Å². The van der Waals surface area contributed by atoms with Crippen LogP contribution in [0.2, 0.25) is 5.15 Å². The molecule has 1 amide bonds. The molecule has 45 heavy (non-hydrogen) atoms. The normalized spacial score (nSPS) is 12.8. The Bertz CT molecular complexity index is 1800. The van der Waals surface area contributed by atoms with Gasteiger partial charge in [0.1, 0.15) is 28.9 Å². The number of rotatable bonds is 13. The molecule has 236 valence electrons. The van der Waals surface area contributed by atoms with E-state index in [0.29, 0.717) is 42.4 Å². The molecule has 11 nitrogen and oxygen atoms in total. The fraction of sp³-hybridized carbons (Fsp3) is 0.375. The number of carbonyl (C=O) groups excluding carboxylic acids is 2. The maximum atomic E-state index is 13.8. The SMILES string of the molecule is CCCCc1nc(Cl)c(C(=O)N[C@H](C(=O)OCC)C(C)CC)n1Cc1ccc2oc(-c3ccccc3-c3nnn[nH]3)c(Br)c2c1. The van der Waals surface area contributed by atoms with Crippen molar-refractivity contribution in [1.29, 1.82) is 0 Å². The Balaban J connectivity index is 1.51. The fourth-order valence-electron chi connectivity index (χ4n) is 5.22. The number of nitrogens with zero attached hydrogens (tertiary/aromatic N) is 5. The molecule has 5 rings (SSSR count). The Morgan fingerprint density at radius 3 is 2.62 bits per heavy atom. The third-order valence-electron chi connectivity index (χ3n) is 7.82. The fourth-order valence-corrected chi connectivity index (χ4v) is 6.11. The molecule has 0 saturated heterocycles. The molecule has 1 unspecified atom stereocenters. The molecule has 0 aliphatic rings. The van der Waals surface area contributed by atoms with Gasteiger partial charge in [-0.3, -0.25) is 4.79 Å². The molecule has 3 aromatic heterocycles. The van der Waals surface area contributed by atoms with E-state index in [1.165, 1.54) is 0 Å². The molecule has 0 fully saturated rings. The zero-order valence-corrected chi connectivity index (χ0v) is 27.9. The van der Waals surface area contributed by atoms with Gasteiger partial charge in [-0.2, -0.15) is 0 Å². The van der Waals surface area contributed by atoms with E-state index in [1.807, 2.05) is 60.9 Å². The molecule has 3 heterocycles. The minimum atomic E-state index is -0.812. The van der Waals surface area contributed by atoms with Crippen molar-refractivity contribution in [2.45, 2.75) is 66.0 Å². The Labute approximate surface area is 274 Å². The predicted octanol–water partition coefficient (Wildman–Crippen LogP) is 6.99. The summed E-state index contributed by atoms with van der Waals surface area (Å²) in [6.45, 7) is 8.25. The van der Waals surface area contributed by atoms with Gasteiger partial charge in [0, 0.05) is 29.5 Å². The lowest BCUT2D eigenvalue weighted by Gasteiger charge is -2.23. The second kappa shape index (κ2) is 14.4. The van der Waals surface area contributed by atoms with Crippen LogP contribution in [0.1, 0.15) is 68.8 Å². The first kappa shape index (κ1) is 32.4. The van der Waals surface area contributed by atoms with E-state index < -0.39 is 17.9 Å². The number of imidazole rings is 1. The summed E-state index contributed by atoms with van der Waals surface area (Å²) in [5.41, 5.74) is 3.42. The summed E-state index contributed by atoms with van der Waals surface area (Å²) < 4.78 is 14.2. The number of aryl methyl sites for hydroxylation is 1. The number of furan rings is 1. The van der Waals surface area contributed by atoms with Crippen molar-refractivity contribution in [3.63, 3.8) is 0 Å². The molecule has 2 atom stereocenters. The Kier molecular flexibility index (Phi) is 10.3.